The van der Waals surface area contributed by atoms with Crippen LogP contribution in [-0.4, -0.2) is 33.7 Å². The summed E-state index contributed by atoms with van der Waals surface area (Å²) in [5.74, 6) is 0.855. The summed E-state index contributed by atoms with van der Waals surface area (Å²) in [6.07, 6.45) is 3.53. The summed E-state index contributed by atoms with van der Waals surface area (Å²) >= 11 is 0. The van der Waals surface area contributed by atoms with Crippen molar-refractivity contribution in [1.29, 1.82) is 5.26 Å². The van der Waals surface area contributed by atoms with Crippen molar-refractivity contribution in [3.63, 3.8) is 0 Å². The van der Waals surface area contributed by atoms with E-state index in [9.17, 15) is 18.5 Å². The van der Waals surface area contributed by atoms with Crippen molar-refractivity contribution >= 4 is 26.7 Å². The lowest BCUT2D eigenvalue weighted by molar-refractivity contribution is 0.315. The van der Waals surface area contributed by atoms with Gasteiger partial charge in [0.2, 0.25) is 0 Å². The van der Waals surface area contributed by atoms with Gasteiger partial charge in [0.05, 0.1) is 41.3 Å². The van der Waals surface area contributed by atoms with Crippen molar-refractivity contribution in [2.75, 3.05) is 11.3 Å². The van der Waals surface area contributed by atoms with Crippen LogP contribution >= 0.6 is 0 Å². The highest BCUT2D eigenvalue weighted by Crippen LogP contribution is 2.36. The summed E-state index contributed by atoms with van der Waals surface area (Å²) < 4.78 is 44.6. The zero-order chi connectivity index (χ0) is 25.3. The Hall–Kier alpha value is -4.24. The van der Waals surface area contributed by atoms with Gasteiger partial charge in [-0.1, -0.05) is 6.92 Å². The number of hydrogen-bond donors (Lipinski definition) is 1. The number of anilines is 1. The topological polar surface area (TPSA) is 133 Å². The molecule has 182 valence electrons. The van der Waals surface area contributed by atoms with Gasteiger partial charge in [-0.15, -0.1) is 0 Å². The second-order valence-corrected chi connectivity index (χ2v) is 9.61. The second kappa shape index (κ2) is 9.19. The molecule has 12 heteroatoms. The largest absolute Gasteiger partial charge is 0.493 e. The summed E-state index contributed by atoms with van der Waals surface area (Å²) in [6, 6.07) is 9.88. The molecule has 2 heterocycles. The number of nitriles is 1. The number of nitrogens with one attached hydrogen (secondary N) is 1. The number of sulfonamides is 1. The Morgan fingerprint density at radius 1 is 1.06 bits per heavy atom. The molecule has 0 saturated carbocycles. The summed E-state index contributed by atoms with van der Waals surface area (Å²) in [7, 11) is 0.805. The Morgan fingerprint density at radius 3 is 2.37 bits per heavy atom. The number of nitrogens with zero attached hydrogens (tertiary/aromatic N) is 5. The van der Waals surface area contributed by atoms with Crippen LogP contribution in [0.2, 0.25) is 0 Å². The molecule has 2 aromatic carbocycles. The Balaban J connectivity index is 1.84. The van der Waals surface area contributed by atoms with Gasteiger partial charge in [0.25, 0.3) is 10.0 Å². The minimum Gasteiger partial charge on any atom is -0.493 e. The summed E-state index contributed by atoms with van der Waals surface area (Å²) in [4.78, 5) is 16.4. The first kappa shape index (κ1) is 23.9. The molecule has 0 radical (unpaired) electrons. The van der Waals surface area contributed by atoms with Crippen molar-refractivity contribution in [2.24, 2.45) is 21.1 Å². The van der Waals surface area contributed by atoms with E-state index < -0.39 is 10.0 Å². The number of benzene rings is 2. The lowest BCUT2D eigenvalue weighted by atomic mass is 10.2. The van der Waals surface area contributed by atoms with E-state index in [1.165, 1.54) is 38.4 Å². The second-order valence-electron chi connectivity index (χ2n) is 7.98. The predicted molar refractivity (Wildman–Crippen MR) is 129 cm³/mol. The molecule has 0 bridgehead atoms. The summed E-state index contributed by atoms with van der Waals surface area (Å²) in [6.45, 7) is 2.42. The number of ether oxygens (including phenoxy) is 2. The van der Waals surface area contributed by atoms with Gasteiger partial charge in [0.15, 0.2) is 10.8 Å². The lowest BCUT2D eigenvalue weighted by Crippen LogP contribution is -2.19. The molecule has 4 rings (SSSR count). The maximum absolute atomic E-state index is 13.0. The van der Waals surface area contributed by atoms with Crippen LogP contribution in [0.5, 0.6) is 17.2 Å². The van der Waals surface area contributed by atoms with E-state index in [-0.39, 0.29) is 27.9 Å². The molecule has 0 atom stereocenters. The van der Waals surface area contributed by atoms with Crippen LogP contribution in [0.3, 0.4) is 0 Å². The van der Waals surface area contributed by atoms with E-state index >= 15 is 0 Å². The highest BCUT2D eigenvalue weighted by molar-refractivity contribution is 7.92. The first-order valence-electron chi connectivity index (χ1n) is 10.7. The molecule has 4 aromatic rings. The van der Waals surface area contributed by atoms with Gasteiger partial charge in [-0.25, -0.2) is 9.78 Å². The minimum atomic E-state index is -4.06. The fraction of sp³-hybridized carbons (Fsp3) is 0.261. The summed E-state index contributed by atoms with van der Waals surface area (Å²) in [5.41, 5.74) is 1.17. The monoisotopic (exact) mass is 496 g/mol. The van der Waals surface area contributed by atoms with Gasteiger partial charge >= 0.3 is 5.69 Å². The van der Waals surface area contributed by atoms with Crippen molar-refractivity contribution in [2.45, 2.75) is 18.4 Å². The number of aromatic nitrogens is 4. The van der Waals surface area contributed by atoms with Crippen LogP contribution in [-0.2, 0) is 31.2 Å². The van der Waals surface area contributed by atoms with Crippen LogP contribution in [0.15, 0.2) is 52.7 Å². The zero-order valence-electron chi connectivity index (χ0n) is 19.6. The van der Waals surface area contributed by atoms with Gasteiger partial charge in [-0.2, -0.15) is 13.7 Å². The normalized spacial score (nSPS) is 11.4. The first-order valence-corrected chi connectivity index (χ1v) is 12.2. The molecule has 0 spiro atoms. The molecule has 0 fully saturated rings. The molecular formula is C23H24N6O5S. The van der Waals surface area contributed by atoms with E-state index in [4.69, 9.17) is 9.47 Å². The van der Waals surface area contributed by atoms with Crippen LogP contribution in [0.1, 0.15) is 18.9 Å². The average Bonchev–Trinajstić information content (AvgIpc) is 3.36. The molecule has 1 N–H and O–H groups in total. The molecule has 35 heavy (non-hydrogen) atoms. The molecule has 0 aliphatic carbocycles. The number of rotatable bonds is 8. The van der Waals surface area contributed by atoms with Gasteiger partial charge in [0.1, 0.15) is 11.5 Å². The Labute approximate surface area is 201 Å². The molecule has 0 saturated heterocycles. The molecule has 0 aliphatic rings. The van der Waals surface area contributed by atoms with Gasteiger partial charge in [-0.3, -0.25) is 13.9 Å². The minimum absolute atomic E-state index is 0.0998. The van der Waals surface area contributed by atoms with Crippen LogP contribution in [0, 0.1) is 11.3 Å². The van der Waals surface area contributed by atoms with E-state index in [1.54, 1.807) is 39.3 Å². The zero-order valence-corrected chi connectivity index (χ0v) is 20.5. The van der Waals surface area contributed by atoms with Crippen molar-refractivity contribution < 1.29 is 17.9 Å². The Kier molecular flexibility index (Phi) is 6.27. The van der Waals surface area contributed by atoms with E-state index in [2.05, 4.69) is 15.8 Å². The van der Waals surface area contributed by atoms with Crippen LogP contribution in [0.4, 0.5) is 5.69 Å². The maximum Gasteiger partial charge on any atom is 0.328 e. The summed E-state index contributed by atoms with van der Waals surface area (Å²) in [5, 5.41) is 9.25. The highest BCUT2D eigenvalue weighted by atomic mass is 32.2. The van der Waals surface area contributed by atoms with Crippen molar-refractivity contribution in [3.05, 3.63) is 58.9 Å². The smallest absolute Gasteiger partial charge is 0.328 e. The van der Waals surface area contributed by atoms with E-state index in [0.717, 1.165) is 6.42 Å². The third-order valence-electron chi connectivity index (χ3n) is 5.28. The standard InChI is InChI=1S/C23H24N6O5S/c1-5-6-33-16-7-15(12-24)8-17(9-16)34-21-11-20-19(28(3)23(30)29(20)4)10-18(21)26-35(31,32)22-13-27(2)14-25-22/h7-11,13-14,26H,5-6H2,1-4H3. The SMILES string of the molecule is CCCOc1cc(C#N)cc(Oc2cc3c(cc2NS(=O)(=O)c2cn(C)cn2)n(C)c(=O)n3C)c1. The number of imidazole rings is 2. The Bertz CT molecular complexity index is 1620. The van der Waals surface area contributed by atoms with Gasteiger partial charge < -0.3 is 14.0 Å². The lowest BCUT2D eigenvalue weighted by Gasteiger charge is -2.15. The highest BCUT2D eigenvalue weighted by Gasteiger charge is 2.22. The van der Waals surface area contributed by atoms with Crippen molar-refractivity contribution in [1.82, 2.24) is 18.7 Å². The van der Waals surface area contributed by atoms with Crippen molar-refractivity contribution in [3.8, 4) is 23.3 Å². The molecule has 0 unspecified atom stereocenters. The molecule has 0 aliphatic heterocycles. The predicted octanol–water partition coefficient (Wildman–Crippen LogP) is 2.86. The average molecular weight is 497 g/mol. The molecule has 2 aromatic heterocycles. The Morgan fingerprint density at radius 2 is 1.74 bits per heavy atom. The van der Waals surface area contributed by atoms with E-state index in [0.29, 0.717) is 29.0 Å². The fourth-order valence-corrected chi connectivity index (χ4v) is 4.58. The van der Waals surface area contributed by atoms with Gasteiger partial charge in [0, 0.05) is 39.5 Å². The molecular weight excluding hydrogens is 472 g/mol. The molecule has 0 amide bonds. The van der Waals surface area contributed by atoms with Crippen LogP contribution in [0.25, 0.3) is 11.0 Å². The third kappa shape index (κ3) is 4.71. The number of fused-ring (bicyclic) bond motifs is 1. The fourth-order valence-electron chi connectivity index (χ4n) is 3.54. The van der Waals surface area contributed by atoms with Gasteiger partial charge in [-0.05, 0) is 24.6 Å². The molecule has 11 nitrogen and oxygen atoms in total. The first-order chi connectivity index (χ1) is 16.6. The van der Waals surface area contributed by atoms with E-state index in [1.807, 2.05) is 6.92 Å². The third-order valence-corrected chi connectivity index (χ3v) is 6.53. The number of aryl methyl sites for hydroxylation is 3. The quantitative estimate of drug-likeness (QED) is 0.396. The number of hydrogen-bond acceptors (Lipinski definition) is 7. The van der Waals surface area contributed by atoms with Crippen LogP contribution < -0.4 is 19.9 Å². The maximum atomic E-state index is 13.0.